The summed E-state index contributed by atoms with van der Waals surface area (Å²) in [5, 5.41) is 4.83. The Morgan fingerprint density at radius 3 is 1.45 bits per heavy atom. The smallest absolute Gasteiger partial charge is 0.165 e. The summed E-state index contributed by atoms with van der Waals surface area (Å²) in [7, 11) is 0. The number of benzene rings is 7. The predicted molar refractivity (Wildman–Crippen MR) is 182 cm³/mol. The Balaban J connectivity index is 1.40. The molecule has 3 nitrogen and oxygen atoms in total. The highest BCUT2D eigenvalue weighted by Crippen LogP contribution is 2.40. The number of hydrogen-bond acceptors (Lipinski definition) is 3. The van der Waals surface area contributed by atoms with Crippen molar-refractivity contribution in [2.75, 3.05) is 0 Å². The second kappa shape index (κ2) is 11.0. The Morgan fingerprint density at radius 1 is 0.295 bits per heavy atom. The van der Waals surface area contributed by atoms with Gasteiger partial charge in [0, 0.05) is 16.7 Å². The standard InChI is InChI=1S/C41H27N3/c1-4-13-28(14-5-1)36-21-12-22-37(29-15-6-2-7-16-29)38(36)41-43-39(31-18-8-3-9-19-31)42-40(44-41)33-25-26-35-32(27-33)24-23-30-17-10-11-20-34(30)35/h1-27H. The highest BCUT2D eigenvalue weighted by molar-refractivity contribution is 6.08. The fourth-order valence-electron chi connectivity index (χ4n) is 6.00. The minimum Gasteiger partial charge on any atom is -0.208 e. The molecular formula is C41H27N3. The number of fused-ring (bicyclic) bond motifs is 3. The zero-order chi connectivity index (χ0) is 29.3. The van der Waals surface area contributed by atoms with Crippen LogP contribution in [-0.4, -0.2) is 15.0 Å². The summed E-state index contributed by atoms with van der Waals surface area (Å²) < 4.78 is 0. The molecule has 0 aliphatic rings. The summed E-state index contributed by atoms with van der Waals surface area (Å²) >= 11 is 0. The largest absolute Gasteiger partial charge is 0.208 e. The lowest BCUT2D eigenvalue weighted by Gasteiger charge is -2.16. The average Bonchev–Trinajstić information content (AvgIpc) is 3.12. The van der Waals surface area contributed by atoms with E-state index in [0.29, 0.717) is 17.5 Å². The van der Waals surface area contributed by atoms with E-state index in [1.54, 1.807) is 0 Å². The maximum atomic E-state index is 5.22. The van der Waals surface area contributed by atoms with E-state index < -0.39 is 0 Å². The first-order chi connectivity index (χ1) is 21.8. The molecule has 0 N–H and O–H groups in total. The van der Waals surface area contributed by atoms with Crippen molar-refractivity contribution in [1.29, 1.82) is 0 Å². The van der Waals surface area contributed by atoms with Gasteiger partial charge in [0.05, 0.1) is 0 Å². The van der Waals surface area contributed by atoms with E-state index in [2.05, 4.69) is 133 Å². The lowest BCUT2D eigenvalue weighted by molar-refractivity contribution is 1.08. The molecule has 8 aromatic rings. The molecule has 0 atom stereocenters. The van der Waals surface area contributed by atoms with Crippen LogP contribution in [0, 0.1) is 0 Å². The summed E-state index contributed by atoms with van der Waals surface area (Å²) in [6, 6.07) is 56.9. The number of hydrogen-bond donors (Lipinski definition) is 0. The number of rotatable bonds is 5. The van der Waals surface area contributed by atoms with Crippen LogP contribution >= 0.6 is 0 Å². The van der Waals surface area contributed by atoms with Crippen LogP contribution in [0.3, 0.4) is 0 Å². The van der Waals surface area contributed by atoms with Crippen LogP contribution in [0.25, 0.3) is 78.0 Å². The van der Waals surface area contributed by atoms with Crippen molar-refractivity contribution in [3.05, 3.63) is 164 Å². The maximum absolute atomic E-state index is 5.22. The van der Waals surface area contributed by atoms with E-state index in [-0.39, 0.29) is 0 Å². The molecule has 1 aromatic heterocycles. The molecular weight excluding hydrogens is 534 g/mol. The Hall–Kier alpha value is -5.93. The van der Waals surface area contributed by atoms with Crippen LogP contribution in [0.4, 0.5) is 0 Å². The highest BCUT2D eigenvalue weighted by Gasteiger charge is 2.20. The van der Waals surface area contributed by atoms with Gasteiger partial charge in [0.1, 0.15) is 0 Å². The lowest BCUT2D eigenvalue weighted by Crippen LogP contribution is -2.02. The molecule has 7 aromatic carbocycles. The van der Waals surface area contributed by atoms with Gasteiger partial charge in [-0.15, -0.1) is 0 Å². The third-order valence-electron chi connectivity index (χ3n) is 8.13. The SMILES string of the molecule is c1ccc(-c2nc(-c3ccc4c(ccc5ccccc54)c3)nc(-c3c(-c4ccccc4)cccc3-c3ccccc3)n2)cc1. The van der Waals surface area contributed by atoms with Gasteiger partial charge in [-0.25, -0.2) is 15.0 Å². The number of nitrogens with zero attached hydrogens (tertiary/aromatic N) is 3. The van der Waals surface area contributed by atoms with Crippen molar-refractivity contribution in [1.82, 2.24) is 15.0 Å². The van der Waals surface area contributed by atoms with Gasteiger partial charge in [-0.3, -0.25) is 0 Å². The van der Waals surface area contributed by atoms with Gasteiger partial charge in [0.2, 0.25) is 0 Å². The minimum atomic E-state index is 0.644. The quantitative estimate of drug-likeness (QED) is 0.196. The van der Waals surface area contributed by atoms with E-state index in [9.17, 15) is 0 Å². The Bertz CT molecular complexity index is 2200. The van der Waals surface area contributed by atoms with Crippen molar-refractivity contribution < 1.29 is 0 Å². The maximum Gasteiger partial charge on any atom is 0.165 e. The van der Waals surface area contributed by atoms with Crippen LogP contribution in [0.2, 0.25) is 0 Å². The van der Waals surface area contributed by atoms with Crippen LogP contribution in [0.15, 0.2) is 164 Å². The molecule has 0 spiro atoms. The molecule has 0 saturated carbocycles. The first-order valence-electron chi connectivity index (χ1n) is 14.8. The van der Waals surface area contributed by atoms with E-state index in [1.807, 2.05) is 30.3 Å². The van der Waals surface area contributed by atoms with Crippen molar-refractivity contribution in [3.8, 4) is 56.4 Å². The fourth-order valence-corrected chi connectivity index (χ4v) is 6.00. The fraction of sp³-hybridized carbons (Fsp3) is 0. The monoisotopic (exact) mass is 561 g/mol. The van der Waals surface area contributed by atoms with Crippen LogP contribution in [0.1, 0.15) is 0 Å². The molecule has 206 valence electrons. The van der Waals surface area contributed by atoms with Gasteiger partial charge in [0.25, 0.3) is 0 Å². The number of aromatic nitrogens is 3. The first kappa shape index (κ1) is 25.8. The Labute approximate surface area is 256 Å². The second-order valence-corrected chi connectivity index (χ2v) is 10.9. The van der Waals surface area contributed by atoms with E-state index >= 15 is 0 Å². The third kappa shape index (κ3) is 4.71. The summed E-state index contributed by atoms with van der Waals surface area (Å²) in [5.74, 6) is 1.93. The minimum absolute atomic E-state index is 0.644. The molecule has 0 saturated heterocycles. The van der Waals surface area contributed by atoms with E-state index in [0.717, 1.165) is 44.3 Å². The summed E-state index contributed by atoms with van der Waals surface area (Å²) in [5.41, 5.74) is 7.26. The van der Waals surface area contributed by atoms with Crippen LogP contribution < -0.4 is 0 Å². The van der Waals surface area contributed by atoms with E-state index in [1.165, 1.54) is 16.2 Å². The van der Waals surface area contributed by atoms with Crippen molar-refractivity contribution in [2.45, 2.75) is 0 Å². The predicted octanol–water partition coefficient (Wildman–Crippen LogP) is 10.5. The van der Waals surface area contributed by atoms with Gasteiger partial charge in [0.15, 0.2) is 17.5 Å². The Morgan fingerprint density at radius 2 is 0.795 bits per heavy atom. The van der Waals surface area contributed by atoms with Crippen LogP contribution in [-0.2, 0) is 0 Å². The second-order valence-electron chi connectivity index (χ2n) is 10.9. The zero-order valence-electron chi connectivity index (χ0n) is 23.9. The van der Waals surface area contributed by atoms with E-state index in [4.69, 9.17) is 15.0 Å². The topological polar surface area (TPSA) is 38.7 Å². The molecule has 0 aliphatic carbocycles. The van der Waals surface area contributed by atoms with Crippen molar-refractivity contribution >= 4 is 21.5 Å². The molecule has 1 heterocycles. The molecule has 0 unspecified atom stereocenters. The first-order valence-corrected chi connectivity index (χ1v) is 14.8. The molecule has 0 bridgehead atoms. The van der Waals surface area contributed by atoms with Gasteiger partial charge >= 0.3 is 0 Å². The molecule has 3 heteroatoms. The normalized spacial score (nSPS) is 11.2. The Kier molecular flexibility index (Phi) is 6.47. The van der Waals surface area contributed by atoms with Gasteiger partial charge in [-0.2, -0.15) is 0 Å². The third-order valence-corrected chi connectivity index (χ3v) is 8.13. The molecule has 8 rings (SSSR count). The lowest BCUT2D eigenvalue weighted by atomic mass is 9.91. The summed E-state index contributed by atoms with van der Waals surface area (Å²) in [6.07, 6.45) is 0. The van der Waals surface area contributed by atoms with Gasteiger partial charge < -0.3 is 0 Å². The molecule has 0 aliphatic heterocycles. The molecule has 0 radical (unpaired) electrons. The highest BCUT2D eigenvalue weighted by atomic mass is 15.0. The molecule has 0 fully saturated rings. The van der Waals surface area contributed by atoms with Crippen LogP contribution in [0.5, 0.6) is 0 Å². The zero-order valence-corrected chi connectivity index (χ0v) is 23.9. The van der Waals surface area contributed by atoms with Crippen molar-refractivity contribution in [2.24, 2.45) is 0 Å². The van der Waals surface area contributed by atoms with Gasteiger partial charge in [-0.1, -0.05) is 158 Å². The van der Waals surface area contributed by atoms with Gasteiger partial charge in [-0.05, 0) is 49.9 Å². The molecule has 44 heavy (non-hydrogen) atoms. The molecule has 0 amide bonds. The summed E-state index contributed by atoms with van der Waals surface area (Å²) in [6.45, 7) is 0. The average molecular weight is 562 g/mol. The van der Waals surface area contributed by atoms with Crippen molar-refractivity contribution in [3.63, 3.8) is 0 Å². The summed E-state index contributed by atoms with van der Waals surface area (Å²) in [4.78, 5) is 15.4.